The van der Waals surface area contributed by atoms with Crippen LogP contribution in [0.25, 0.3) is 11.1 Å². The highest BCUT2D eigenvalue weighted by Crippen LogP contribution is 2.28. The van der Waals surface area contributed by atoms with E-state index < -0.39 is 40.2 Å². The minimum Gasteiger partial charge on any atom is -0.508 e. The first-order valence-corrected chi connectivity index (χ1v) is 13.3. The van der Waals surface area contributed by atoms with Gasteiger partial charge < -0.3 is 26.1 Å². The lowest BCUT2D eigenvalue weighted by Crippen LogP contribution is -2.43. The van der Waals surface area contributed by atoms with Crippen LogP contribution in [0.3, 0.4) is 0 Å². The van der Waals surface area contributed by atoms with Gasteiger partial charge in [0.25, 0.3) is 5.91 Å². The number of alkyl halides is 3. The third-order valence-corrected chi connectivity index (χ3v) is 6.42. The molecule has 0 bridgehead atoms. The van der Waals surface area contributed by atoms with E-state index in [0.29, 0.717) is 27.9 Å². The van der Waals surface area contributed by atoms with Crippen molar-refractivity contribution in [2.24, 2.45) is 16.1 Å². The van der Waals surface area contributed by atoms with E-state index in [-0.39, 0.29) is 17.1 Å². The third-order valence-electron chi connectivity index (χ3n) is 5.45. The highest BCUT2D eigenvalue weighted by molar-refractivity contribution is 7.89. The van der Waals surface area contributed by atoms with E-state index in [1.54, 1.807) is 54.6 Å². The third kappa shape index (κ3) is 10.3. The molecule has 3 aromatic carbocycles. The van der Waals surface area contributed by atoms with Crippen molar-refractivity contribution in [1.29, 1.82) is 0 Å². The van der Waals surface area contributed by atoms with E-state index in [4.69, 9.17) is 20.9 Å². The molecule has 0 aliphatic rings. The largest absolute Gasteiger partial charge is 0.508 e. The number of benzene rings is 3. The minimum atomic E-state index is -5.08. The van der Waals surface area contributed by atoms with Crippen LogP contribution in [0.1, 0.15) is 11.1 Å². The number of carbonyl (C=O) groups excluding carboxylic acids is 2. The molecule has 0 saturated heterocycles. The van der Waals surface area contributed by atoms with Gasteiger partial charge >= 0.3 is 18.2 Å². The van der Waals surface area contributed by atoms with Crippen molar-refractivity contribution in [3.05, 3.63) is 77.9 Å². The van der Waals surface area contributed by atoms with Crippen molar-refractivity contribution in [2.75, 3.05) is 12.4 Å². The Hall–Kier alpha value is -5.16. The zero-order valence-corrected chi connectivity index (χ0v) is 23.0. The summed E-state index contributed by atoms with van der Waals surface area (Å²) < 4.78 is 60.1. The summed E-state index contributed by atoms with van der Waals surface area (Å²) in [4.78, 5) is 33.3. The van der Waals surface area contributed by atoms with Gasteiger partial charge in [-0.15, -0.1) is 0 Å². The highest BCUT2D eigenvalue weighted by Gasteiger charge is 2.38. The maximum Gasteiger partial charge on any atom is 0.490 e. The number of imide groups is 1. The molecule has 3 aromatic rings. The Morgan fingerprint density at radius 2 is 1.67 bits per heavy atom. The molecule has 3 rings (SSSR count). The van der Waals surface area contributed by atoms with Crippen molar-refractivity contribution in [1.82, 2.24) is 5.32 Å². The zero-order valence-electron chi connectivity index (χ0n) is 22.2. The number of anilines is 1. The molecular formula is C26H26F3N5O8S. The van der Waals surface area contributed by atoms with Crippen molar-refractivity contribution in [3.8, 4) is 16.9 Å². The van der Waals surface area contributed by atoms with Crippen LogP contribution in [0.15, 0.2) is 76.7 Å². The van der Waals surface area contributed by atoms with E-state index >= 15 is 0 Å². The minimum absolute atomic E-state index is 0.00306. The smallest absolute Gasteiger partial charge is 0.490 e. The van der Waals surface area contributed by atoms with E-state index in [1.807, 2.05) is 0 Å². The SMILES string of the molecule is COC(=O)NC(=O)[C@H](Cc1cc(C=NN)ccc1O)Nc1ccc(-c2ccccc2S(N)(=O)=O)cc1.O=C(O)C(F)(F)F. The van der Waals surface area contributed by atoms with Crippen LogP contribution >= 0.6 is 0 Å². The molecule has 0 spiro atoms. The van der Waals surface area contributed by atoms with Crippen LogP contribution in [0.4, 0.5) is 23.7 Å². The number of hydrazone groups is 1. The molecule has 0 aliphatic heterocycles. The second-order valence-corrected chi connectivity index (χ2v) is 10.00. The lowest BCUT2D eigenvalue weighted by molar-refractivity contribution is -0.192. The topological polar surface area (TPSA) is 223 Å². The van der Waals surface area contributed by atoms with Crippen molar-refractivity contribution < 1.29 is 50.9 Å². The molecule has 0 saturated carbocycles. The Morgan fingerprint density at radius 3 is 2.21 bits per heavy atom. The number of nitrogens with two attached hydrogens (primary N) is 2. The number of aliphatic carboxylic acids is 1. The maximum absolute atomic E-state index is 12.8. The van der Waals surface area contributed by atoms with Crippen molar-refractivity contribution in [2.45, 2.75) is 23.5 Å². The molecule has 230 valence electrons. The lowest BCUT2D eigenvalue weighted by atomic mass is 10.0. The molecule has 1 atom stereocenters. The van der Waals surface area contributed by atoms with Crippen LogP contribution in [-0.4, -0.2) is 62.1 Å². The number of alkyl carbamates (subject to hydrolysis) is 1. The average Bonchev–Trinajstić information content (AvgIpc) is 2.94. The van der Waals surface area contributed by atoms with Gasteiger partial charge in [0, 0.05) is 17.7 Å². The van der Waals surface area contributed by atoms with Crippen LogP contribution in [0.5, 0.6) is 5.75 Å². The number of nitrogens with one attached hydrogen (secondary N) is 2. The number of hydrogen-bond donors (Lipinski definition) is 6. The monoisotopic (exact) mass is 625 g/mol. The number of phenolic OH excluding ortho intramolecular Hbond substituents is 1. The second-order valence-electron chi connectivity index (χ2n) is 8.47. The standard InChI is InChI=1S/C24H25N5O6S.C2HF3O2/c1-35-24(32)29-23(31)20(13-17-12-15(14-27-25)6-11-21(17)30)28-18-9-7-16(8-10-18)19-4-2-3-5-22(19)36(26,33)34;3-2(4,5)1(6)7/h2-12,14,20,28,30H,13,25H2,1H3,(H2,26,33,34)(H,29,31,32);(H,6,7)/t20-;/m0./s1. The fraction of sp³-hybridized carbons (Fsp3) is 0.154. The molecule has 0 fully saturated rings. The normalized spacial score (nSPS) is 12.0. The van der Waals surface area contributed by atoms with Crippen LogP contribution in [0.2, 0.25) is 0 Å². The van der Waals surface area contributed by atoms with Gasteiger partial charge in [-0.25, -0.2) is 23.1 Å². The molecule has 43 heavy (non-hydrogen) atoms. The number of rotatable bonds is 8. The van der Waals surface area contributed by atoms with Gasteiger partial charge in [0.15, 0.2) is 0 Å². The second kappa shape index (κ2) is 14.6. The fourth-order valence-corrected chi connectivity index (χ4v) is 4.26. The van der Waals surface area contributed by atoms with E-state index in [0.717, 1.165) is 7.11 Å². The number of hydrogen-bond acceptors (Lipinski definition) is 10. The van der Waals surface area contributed by atoms with E-state index in [2.05, 4.69) is 20.5 Å². The van der Waals surface area contributed by atoms with Gasteiger partial charge in [-0.3, -0.25) is 10.1 Å². The molecule has 2 amide bonds. The van der Waals surface area contributed by atoms with Crippen LogP contribution < -0.4 is 21.6 Å². The summed E-state index contributed by atoms with van der Waals surface area (Å²) >= 11 is 0. The first kappa shape index (κ1) is 34.0. The Bertz CT molecular complexity index is 1600. The highest BCUT2D eigenvalue weighted by atomic mass is 32.2. The number of carboxylic acid groups (broad SMARTS) is 1. The summed E-state index contributed by atoms with van der Waals surface area (Å²) in [6.07, 6.45) is -4.63. The number of sulfonamides is 1. The average molecular weight is 626 g/mol. The summed E-state index contributed by atoms with van der Waals surface area (Å²) in [5.41, 5.74) is 2.52. The number of methoxy groups -OCH3 is 1. The number of phenols is 1. The van der Waals surface area contributed by atoms with Gasteiger partial charge in [0.2, 0.25) is 10.0 Å². The lowest BCUT2D eigenvalue weighted by Gasteiger charge is -2.20. The molecule has 13 nitrogen and oxygen atoms in total. The number of ether oxygens (including phenoxy) is 1. The number of primary sulfonamides is 1. The Balaban J connectivity index is 0.000000821. The first-order valence-electron chi connectivity index (χ1n) is 11.8. The van der Waals surface area contributed by atoms with Crippen molar-refractivity contribution in [3.63, 3.8) is 0 Å². The first-order chi connectivity index (χ1) is 20.1. The van der Waals surface area contributed by atoms with Gasteiger partial charge in [-0.1, -0.05) is 30.3 Å². The van der Waals surface area contributed by atoms with Gasteiger partial charge in [0.1, 0.15) is 11.8 Å². The Labute approximate surface area is 243 Å². The zero-order chi connectivity index (χ0) is 32.4. The summed E-state index contributed by atoms with van der Waals surface area (Å²) in [5.74, 6) is 1.69. The number of carbonyl (C=O) groups is 3. The number of amides is 2. The van der Waals surface area contributed by atoms with Crippen LogP contribution in [-0.2, 0) is 30.8 Å². The maximum atomic E-state index is 12.8. The Morgan fingerprint density at radius 1 is 1.07 bits per heavy atom. The predicted octanol–water partition coefficient (Wildman–Crippen LogP) is 2.54. The summed E-state index contributed by atoms with van der Waals surface area (Å²) in [6.45, 7) is 0. The number of nitrogens with zero attached hydrogens (tertiary/aromatic N) is 1. The predicted molar refractivity (Wildman–Crippen MR) is 148 cm³/mol. The van der Waals surface area contributed by atoms with Crippen molar-refractivity contribution >= 4 is 39.9 Å². The molecule has 0 heterocycles. The summed E-state index contributed by atoms with van der Waals surface area (Å²) in [6, 6.07) is 16.6. The van der Waals surface area contributed by atoms with Crippen LogP contribution in [0, 0.1) is 0 Å². The fourth-order valence-electron chi connectivity index (χ4n) is 3.50. The Kier molecular flexibility index (Phi) is 11.6. The van der Waals surface area contributed by atoms with Gasteiger partial charge in [-0.05, 0) is 53.1 Å². The number of carboxylic acids is 1. The molecule has 0 aromatic heterocycles. The van der Waals surface area contributed by atoms with Gasteiger partial charge in [-0.2, -0.15) is 18.3 Å². The summed E-state index contributed by atoms with van der Waals surface area (Å²) in [5, 5.41) is 31.4. The molecule has 8 N–H and O–H groups in total. The molecule has 0 aliphatic carbocycles. The molecular weight excluding hydrogens is 599 g/mol. The molecule has 0 radical (unpaired) electrons. The molecule has 17 heteroatoms. The number of halogens is 3. The van der Waals surface area contributed by atoms with E-state index in [1.165, 1.54) is 18.3 Å². The number of aromatic hydroxyl groups is 1. The molecule has 0 unspecified atom stereocenters. The quantitative estimate of drug-likeness (QED) is 0.122. The summed E-state index contributed by atoms with van der Waals surface area (Å²) in [7, 11) is -2.81. The van der Waals surface area contributed by atoms with E-state index in [9.17, 15) is 36.3 Å². The van der Waals surface area contributed by atoms with Gasteiger partial charge in [0.05, 0.1) is 18.2 Å².